The summed E-state index contributed by atoms with van der Waals surface area (Å²) in [6.07, 6.45) is 8.94. The summed E-state index contributed by atoms with van der Waals surface area (Å²) in [5.41, 5.74) is 0. The molecule has 0 amide bonds. The van der Waals surface area contributed by atoms with Crippen LogP contribution in [0.15, 0.2) is 0 Å². The molecule has 21 heavy (non-hydrogen) atoms. The zero-order valence-corrected chi connectivity index (χ0v) is 14.3. The molecule has 2 saturated heterocycles. The van der Waals surface area contributed by atoms with E-state index in [9.17, 15) is 8.42 Å². The van der Waals surface area contributed by atoms with Crippen LogP contribution in [0.25, 0.3) is 0 Å². The average molecular weight is 335 g/mol. The molecule has 3 atom stereocenters. The van der Waals surface area contributed by atoms with Gasteiger partial charge in [-0.25, -0.2) is 0 Å². The standard InChI is InChI=1S/C15H27ClN2O2S/c16-11-13-5-3-9-17(12-13)21(19,20)18-10-4-7-14-6-1-2-8-15(14)18/h13-15H,1-12H2/t13?,14-,15-/m1/s1. The zero-order valence-electron chi connectivity index (χ0n) is 12.7. The monoisotopic (exact) mass is 334 g/mol. The average Bonchev–Trinajstić information content (AvgIpc) is 2.54. The molecule has 2 heterocycles. The van der Waals surface area contributed by atoms with E-state index in [1.165, 1.54) is 25.7 Å². The van der Waals surface area contributed by atoms with Gasteiger partial charge in [-0.2, -0.15) is 17.0 Å². The molecule has 0 aromatic rings. The molecule has 0 bridgehead atoms. The number of rotatable bonds is 3. The summed E-state index contributed by atoms with van der Waals surface area (Å²) in [5, 5.41) is 0. The zero-order chi connectivity index (χ0) is 14.9. The van der Waals surface area contributed by atoms with Gasteiger partial charge in [-0.3, -0.25) is 0 Å². The Kier molecular flexibility index (Phi) is 5.14. The highest BCUT2D eigenvalue weighted by molar-refractivity contribution is 7.86. The number of nitrogens with zero attached hydrogens (tertiary/aromatic N) is 2. The third kappa shape index (κ3) is 3.26. The number of hydrogen-bond acceptors (Lipinski definition) is 2. The maximum Gasteiger partial charge on any atom is 0.282 e. The quantitative estimate of drug-likeness (QED) is 0.745. The Morgan fingerprint density at radius 2 is 1.67 bits per heavy atom. The van der Waals surface area contributed by atoms with Crippen molar-refractivity contribution in [2.75, 3.05) is 25.5 Å². The van der Waals surface area contributed by atoms with Crippen LogP contribution < -0.4 is 0 Å². The van der Waals surface area contributed by atoms with Crippen molar-refractivity contribution in [3.8, 4) is 0 Å². The Morgan fingerprint density at radius 1 is 0.952 bits per heavy atom. The molecule has 1 unspecified atom stereocenters. The Balaban J connectivity index is 1.76. The summed E-state index contributed by atoms with van der Waals surface area (Å²) in [5.74, 6) is 1.48. The molecule has 3 fully saturated rings. The van der Waals surface area contributed by atoms with Gasteiger partial charge in [0, 0.05) is 31.6 Å². The molecule has 6 heteroatoms. The first-order valence-corrected chi connectivity index (χ1v) is 10.4. The fourth-order valence-electron chi connectivity index (χ4n) is 4.38. The summed E-state index contributed by atoms with van der Waals surface area (Å²) in [6.45, 7) is 1.99. The molecule has 0 radical (unpaired) electrons. The lowest BCUT2D eigenvalue weighted by Gasteiger charge is -2.45. The van der Waals surface area contributed by atoms with E-state index in [-0.39, 0.29) is 6.04 Å². The summed E-state index contributed by atoms with van der Waals surface area (Å²) >= 11 is 5.96. The minimum Gasteiger partial charge on any atom is -0.195 e. The van der Waals surface area contributed by atoms with Crippen molar-refractivity contribution in [3.63, 3.8) is 0 Å². The third-order valence-corrected chi connectivity index (χ3v) is 7.98. The molecule has 0 spiro atoms. The van der Waals surface area contributed by atoms with Gasteiger partial charge in [0.15, 0.2) is 0 Å². The van der Waals surface area contributed by atoms with Gasteiger partial charge in [0.05, 0.1) is 0 Å². The molecule has 1 aliphatic carbocycles. The van der Waals surface area contributed by atoms with E-state index in [0.717, 1.165) is 25.7 Å². The largest absolute Gasteiger partial charge is 0.282 e. The van der Waals surface area contributed by atoms with Crippen LogP contribution in [0.5, 0.6) is 0 Å². The SMILES string of the molecule is O=S(=O)(N1CCCC(CCl)C1)N1CCC[C@H]2CCCC[C@H]21. The maximum atomic E-state index is 13.1. The second kappa shape index (κ2) is 6.73. The fraction of sp³-hybridized carbons (Fsp3) is 1.00. The predicted molar refractivity (Wildman–Crippen MR) is 85.6 cm³/mol. The van der Waals surface area contributed by atoms with Crippen molar-refractivity contribution in [1.82, 2.24) is 8.61 Å². The molecule has 122 valence electrons. The van der Waals surface area contributed by atoms with E-state index in [1.54, 1.807) is 4.31 Å². The van der Waals surface area contributed by atoms with E-state index in [0.29, 0.717) is 37.4 Å². The van der Waals surface area contributed by atoms with Gasteiger partial charge in [-0.1, -0.05) is 12.8 Å². The highest BCUT2D eigenvalue weighted by Gasteiger charge is 2.42. The van der Waals surface area contributed by atoms with Crippen LogP contribution in [0.3, 0.4) is 0 Å². The smallest absolute Gasteiger partial charge is 0.195 e. The predicted octanol–water partition coefficient (Wildman–Crippen LogP) is 2.84. The first-order chi connectivity index (χ1) is 10.1. The number of fused-ring (bicyclic) bond motifs is 1. The second-order valence-corrected chi connectivity index (χ2v) is 9.08. The lowest BCUT2D eigenvalue weighted by molar-refractivity contribution is 0.118. The van der Waals surface area contributed by atoms with E-state index >= 15 is 0 Å². The first-order valence-electron chi connectivity index (χ1n) is 8.46. The Hall–Kier alpha value is 0.160. The molecule has 2 aliphatic heterocycles. The van der Waals surface area contributed by atoms with Crippen molar-refractivity contribution >= 4 is 21.8 Å². The summed E-state index contributed by atoms with van der Waals surface area (Å²) < 4.78 is 29.7. The maximum absolute atomic E-state index is 13.1. The molecule has 4 nitrogen and oxygen atoms in total. The van der Waals surface area contributed by atoms with Crippen LogP contribution in [0, 0.1) is 11.8 Å². The van der Waals surface area contributed by atoms with Gasteiger partial charge in [0.2, 0.25) is 0 Å². The van der Waals surface area contributed by atoms with Gasteiger partial charge in [0.25, 0.3) is 10.2 Å². The minimum absolute atomic E-state index is 0.258. The van der Waals surface area contributed by atoms with Crippen LogP contribution in [0.4, 0.5) is 0 Å². The normalized spacial score (nSPS) is 36.3. The van der Waals surface area contributed by atoms with Crippen LogP contribution in [0.2, 0.25) is 0 Å². The van der Waals surface area contributed by atoms with Crippen molar-refractivity contribution in [1.29, 1.82) is 0 Å². The van der Waals surface area contributed by atoms with Gasteiger partial charge in [0.1, 0.15) is 0 Å². The fourth-order valence-corrected chi connectivity index (χ4v) is 6.66. The van der Waals surface area contributed by atoms with Crippen LogP contribution in [-0.2, 0) is 10.2 Å². The molecule has 0 N–H and O–H groups in total. The number of alkyl halides is 1. The first kappa shape index (κ1) is 16.0. The molecule has 0 aromatic carbocycles. The molecular weight excluding hydrogens is 308 g/mol. The Morgan fingerprint density at radius 3 is 2.48 bits per heavy atom. The number of piperidine rings is 2. The Bertz CT molecular complexity index is 455. The van der Waals surface area contributed by atoms with E-state index in [2.05, 4.69) is 0 Å². The van der Waals surface area contributed by atoms with E-state index < -0.39 is 10.2 Å². The van der Waals surface area contributed by atoms with E-state index in [4.69, 9.17) is 11.6 Å². The van der Waals surface area contributed by atoms with Gasteiger partial charge >= 0.3 is 0 Å². The molecule has 0 aromatic heterocycles. The molecule has 3 rings (SSSR count). The molecular formula is C15H27ClN2O2S. The van der Waals surface area contributed by atoms with Crippen LogP contribution in [-0.4, -0.2) is 48.6 Å². The highest BCUT2D eigenvalue weighted by atomic mass is 35.5. The summed E-state index contributed by atoms with van der Waals surface area (Å²) in [7, 11) is -3.29. The van der Waals surface area contributed by atoms with Gasteiger partial charge in [-0.05, 0) is 50.4 Å². The lowest BCUT2D eigenvalue weighted by Crippen LogP contribution is -2.56. The molecule has 3 aliphatic rings. The molecule has 1 saturated carbocycles. The number of halogens is 1. The van der Waals surface area contributed by atoms with E-state index in [1.807, 2.05) is 4.31 Å². The minimum atomic E-state index is -3.29. The van der Waals surface area contributed by atoms with Crippen LogP contribution in [0.1, 0.15) is 51.4 Å². The summed E-state index contributed by atoms with van der Waals surface area (Å²) in [4.78, 5) is 0. The lowest BCUT2D eigenvalue weighted by atomic mass is 9.79. The van der Waals surface area contributed by atoms with Crippen molar-refractivity contribution < 1.29 is 8.42 Å². The van der Waals surface area contributed by atoms with Crippen LogP contribution >= 0.6 is 11.6 Å². The topological polar surface area (TPSA) is 40.6 Å². The highest BCUT2D eigenvalue weighted by Crippen LogP contribution is 2.37. The van der Waals surface area contributed by atoms with Crippen molar-refractivity contribution in [2.45, 2.75) is 57.4 Å². The summed E-state index contributed by atoms with van der Waals surface area (Å²) in [6, 6.07) is 0.258. The number of hydrogen-bond donors (Lipinski definition) is 0. The second-order valence-electron chi connectivity index (χ2n) is 6.89. The van der Waals surface area contributed by atoms with Gasteiger partial charge < -0.3 is 0 Å². The van der Waals surface area contributed by atoms with Crippen molar-refractivity contribution in [3.05, 3.63) is 0 Å². The van der Waals surface area contributed by atoms with Gasteiger partial charge in [-0.15, -0.1) is 11.6 Å². The van der Waals surface area contributed by atoms with Crippen molar-refractivity contribution in [2.24, 2.45) is 11.8 Å². The third-order valence-electron chi connectivity index (χ3n) is 5.51. The Labute approximate surface area is 134 Å².